The molecule has 2 aliphatic rings. The molecule has 212 valence electrons. The molecule has 2 aliphatic heterocycles. The lowest BCUT2D eigenvalue weighted by atomic mass is 9.97. The quantitative estimate of drug-likeness (QED) is 0.322. The number of ether oxygens (including phenoxy) is 1. The molecular formula is C31H36Cl2N4O3. The molecule has 3 heterocycles. The first kappa shape index (κ1) is 28.5. The molecule has 1 saturated heterocycles. The van der Waals surface area contributed by atoms with Crippen LogP contribution in [0.15, 0.2) is 48.8 Å². The highest BCUT2D eigenvalue weighted by molar-refractivity contribution is 6.35. The summed E-state index contributed by atoms with van der Waals surface area (Å²) in [5, 5.41) is 1.23. The highest BCUT2D eigenvalue weighted by Gasteiger charge is 2.37. The van der Waals surface area contributed by atoms with Crippen molar-refractivity contribution in [2.75, 3.05) is 19.6 Å². The van der Waals surface area contributed by atoms with Crippen molar-refractivity contribution in [2.45, 2.75) is 71.1 Å². The first-order valence-corrected chi connectivity index (χ1v) is 14.7. The van der Waals surface area contributed by atoms with Crippen molar-refractivity contribution in [3.63, 3.8) is 0 Å². The van der Waals surface area contributed by atoms with E-state index in [9.17, 15) is 9.59 Å². The summed E-state index contributed by atoms with van der Waals surface area (Å²) in [6.45, 7) is 9.31. The molecule has 0 N–H and O–H groups in total. The first-order chi connectivity index (χ1) is 19.0. The van der Waals surface area contributed by atoms with Gasteiger partial charge in [-0.3, -0.25) is 9.69 Å². The largest absolute Gasteiger partial charge is 0.444 e. The normalized spacial score (nSPS) is 18.9. The summed E-state index contributed by atoms with van der Waals surface area (Å²) < 4.78 is 7.73. The maximum absolute atomic E-state index is 13.5. The molecule has 1 unspecified atom stereocenters. The number of likely N-dealkylation sites (tertiary alicyclic amines) is 1. The third kappa shape index (κ3) is 6.01. The molecule has 5 rings (SSSR count). The second-order valence-electron chi connectivity index (χ2n) is 11.6. The summed E-state index contributed by atoms with van der Waals surface area (Å²) in [6, 6.07) is 11.4. The number of hydrogen-bond donors (Lipinski definition) is 0. The van der Waals surface area contributed by atoms with Crippen LogP contribution in [0.25, 0.3) is 16.6 Å². The van der Waals surface area contributed by atoms with Crippen LogP contribution in [0.4, 0.5) is 4.79 Å². The Hall–Kier alpha value is -3.03. The number of rotatable bonds is 4. The van der Waals surface area contributed by atoms with E-state index in [2.05, 4.69) is 34.7 Å². The average molecular weight is 584 g/mol. The van der Waals surface area contributed by atoms with Gasteiger partial charge in [0.25, 0.3) is 0 Å². The Morgan fingerprint density at radius 3 is 2.58 bits per heavy atom. The summed E-state index contributed by atoms with van der Waals surface area (Å²) in [4.78, 5) is 34.5. The van der Waals surface area contributed by atoms with E-state index < -0.39 is 17.7 Å². The number of fused-ring (bicyclic) bond motifs is 1. The number of imidazole rings is 1. The molecule has 7 nitrogen and oxygen atoms in total. The van der Waals surface area contributed by atoms with Gasteiger partial charge in [-0.25, -0.2) is 9.78 Å². The number of benzene rings is 2. The molecule has 0 saturated carbocycles. The zero-order valence-corrected chi connectivity index (χ0v) is 25.0. The van der Waals surface area contributed by atoms with Gasteiger partial charge < -0.3 is 14.2 Å². The van der Waals surface area contributed by atoms with Crippen molar-refractivity contribution in [1.82, 2.24) is 19.4 Å². The predicted octanol–water partition coefficient (Wildman–Crippen LogP) is 7.36. The number of hydrogen-bond acceptors (Lipinski definition) is 4. The molecule has 1 fully saturated rings. The zero-order valence-electron chi connectivity index (χ0n) is 23.5. The third-order valence-electron chi connectivity index (χ3n) is 7.71. The van der Waals surface area contributed by atoms with E-state index in [1.54, 1.807) is 11.0 Å². The number of carbonyl (C=O) groups is 2. The van der Waals surface area contributed by atoms with E-state index >= 15 is 0 Å². The predicted molar refractivity (Wildman–Crippen MR) is 160 cm³/mol. The maximum atomic E-state index is 13.5. The number of amides is 2. The fraction of sp³-hybridized carbons (Fsp3) is 0.452. The van der Waals surface area contributed by atoms with Crippen molar-refractivity contribution in [2.24, 2.45) is 0 Å². The van der Waals surface area contributed by atoms with Crippen molar-refractivity contribution in [3.8, 4) is 0 Å². The molecule has 3 aromatic rings. The summed E-state index contributed by atoms with van der Waals surface area (Å²) in [7, 11) is 0. The number of piperidine rings is 1. The molecule has 0 aliphatic carbocycles. The Bertz CT molecular complexity index is 1460. The Balaban J connectivity index is 1.32. The molecule has 40 heavy (non-hydrogen) atoms. The second-order valence-corrected chi connectivity index (χ2v) is 12.5. The molecule has 1 aromatic heterocycles. The molecule has 0 bridgehead atoms. The van der Waals surface area contributed by atoms with Crippen LogP contribution in [0, 0.1) is 0 Å². The second kappa shape index (κ2) is 11.5. The van der Waals surface area contributed by atoms with E-state index in [1.807, 2.05) is 50.2 Å². The molecule has 2 aromatic carbocycles. The van der Waals surface area contributed by atoms with Crippen LogP contribution in [-0.2, 0) is 9.53 Å². The monoisotopic (exact) mass is 582 g/mol. The first-order valence-electron chi connectivity index (χ1n) is 13.9. The maximum Gasteiger partial charge on any atom is 0.410 e. The van der Waals surface area contributed by atoms with Crippen molar-refractivity contribution >= 4 is 51.8 Å². The minimum absolute atomic E-state index is 0.00283. The van der Waals surface area contributed by atoms with Crippen molar-refractivity contribution in [3.05, 3.63) is 70.0 Å². The highest BCUT2D eigenvalue weighted by atomic mass is 35.5. The average Bonchev–Trinajstić information content (AvgIpc) is 3.35. The number of aromatic nitrogens is 2. The lowest BCUT2D eigenvalue weighted by Gasteiger charge is -2.39. The summed E-state index contributed by atoms with van der Waals surface area (Å²) >= 11 is 12.6. The number of carbonyl (C=O) groups excluding carboxylic acids is 2. The topological polar surface area (TPSA) is 67.7 Å². The SMILES string of the molecule is CC(c1ccc(Cl)cc1Cl)n1cnc2ccc(C3=CCN(C(=O)[C@H]4CCCCN4C(=O)OC(C)(C)C)CC3)cc21. The van der Waals surface area contributed by atoms with E-state index in [1.165, 1.54) is 5.57 Å². The van der Waals surface area contributed by atoms with Crippen LogP contribution >= 0.6 is 23.2 Å². The van der Waals surface area contributed by atoms with Crippen LogP contribution in [0.5, 0.6) is 0 Å². The van der Waals surface area contributed by atoms with Gasteiger partial charge in [0.05, 0.1) is 23.4 Å². The lowest BCUT2D eigenvalue weighted by Crippen LogP contribution is -2.54. The summed E-state index contributed by atoms with van der Waals surface area (Å²) in [5.41, 5.74) is 4.62. The standard InChI is InChI=1S/C31H36Cl2N4O3/c1-20(24-10-9-23(32)18-25(24)33)37-19-34-26-11-8-22(17-28(26)37)21-12-15-35(16-13-21)29(38)27-7-5-6-14-36(27)30(39)40-31(2,3)4/h8-12,17-20,27H,5-7,13-16H2,1-4H3/t20?,27-/m1/s1. The van der Waals surface area contributed by atoms with E-state index in [-0.39, 0.29) is 11.9 Å². The molecule has 2 atom stereocenters. The van der Waals surface area contributed by atoms with Crippen LogP contribution < -0.4 is 0 Å². The van der Waals surface area contributed by atoms with Gasteiger partial charge in [-0.1, -0.05) is 41.4 Å². The van der Waals surface area contributed by atoms with Gasteiger partial charge >= 0.3 is 6.09 Å². The Morgan fingerprint density at radius 1 is 1.07 bits per heavy atom. The third-order valence-corrected chi connectivity index (χ3v) is 8.27. The Morgan fingerprint density at radius 2 is 1.88 bits per heavy atom. The summed E-state index contributed by atoms with van der Waals surface area (Å²) in [6.07, 6.45) is 6.79. The van der Waals surface area contributed by atoms with Crippen molar-refractivity contribution in [1.29, 1.82) is 0 Å². The number of halogens is 2. The van der Waals surface area contributed by atoms with E-state index in [4.69, 9.17) is 27.9 Å². The Kier molecular flexibility index (Phi) is 8.16. The minimum Gasteiger partial charge on any atom is -0.444 e. The highest BCUT2D eigenvalue weighted by Crippen LogP contribution is 2.33. The van der Waals surface area contributed by atoms with Gasteiger partial charge in [-0.05, 0) is 94.3 Å². The van der Waals surface area contributed by atoms with E-state index in [0.29, 0.717) is 36.1 Å². The minimum atomic E-state index is -0.597. The smallest absolute Gasteiger partial charge is 0.410 e. The van der Waals surface area contributed by atoms with Gasteiger partial charge in [0.2, 0.25) is 5.91 Å². The summed E-state index contributed by atoms with van der Waals surface area (Å²) in [5.74, 6) is 0.00283. The van der Waals surface area contributed by atoms with Gasteiger partial charge in [0.15, 0.2) is 0 Å². The number of nitrogens with zero attached hydrogens (tertiary/aromatic N) is 4. The molecule has 0 radical (unpaired) electrons. The van der Waals surface area contributed by atoms with Crippen LogP contribution in [-0.4, -0.2) is 62.6 Å². The molecule has 0 spiro atoms. The van der Waals surface area contributed by atoms with Crippen LogP contribution in [0.2, 0.25) is 10.0 Å². The molecule has 2 amide bonds. The fourth-order valence-corrected chi connectivity index (χ4v) is 6.16. The lowest BCUT2D eigenvalue weighted by molar-refractivity contribution is -0.137. The van der Waals surface area contributed by atoms with Crippen LogP contribution in [0.1, 0.15) is 70.5 Å². The fourth-order valence-electron chi connectivity index (χ4n) is 5.59. The zero-order chi connectivity index (χ0) is 28.6. The van der Waals surface area contributed by atoms with E-state index in [0.717, 1.165) is 41.4 Å². The van der Waals surface area contributed by atoms with Gasteiger partial charge in [-0.2, -0.15) is 0 Å². The van der Waals surface area contributed by atoms with Gasteiger partial charge in [0, 0.05) is 29.7 Å². The molecule has 9 heteroatoms. The van der Waals surface area contributed by atoms with Crippen molar-refractivity contribution < 1.29 is 14.3 Å². The molecular weight excluding hydrogens is 547 g/mol. The van der Waals surface area contributed by atoms with Gasteiger partial charge in [0.1, 0.15) is 11.6 Å². The Labute approximate surface area is 245 Å². The van der Waals surface area contributed by atoms with Gasteiger partial charge in [-0.15, -0.1) is 0 Å². The van der Waals surface area contributed by atoms with Crippen LogP contribution in [0.3, 0.4) is 0 Å².